The van der Waals surface area contributed by atoms with Crippen molar-refractivity contribution in [2.24, 2.45) is 5.92 Å². The van der Waals surface area contributed by atoms with E-state index in [1.807, 2.05) is 37.2 Å². The molecule has 2 aromatic rings. The van der Waals surface area contributed by atoms with Crippen LogP contribution >= 0.6 is 0 Å². The molecule has 2 saturated heterocycles. The van der Waals surface area contributed by atoms with Gasteiger partial charge in [0.15, 0.2) is 11.6 Å². The minimum Gasteiger partial charge on any atom is -0.365 e. The number of nitriles is 1. The lowest BCUT2D eigenvalue weighted by molar-refractivity contribution is 0.389. The fraction of sp³-hybridized carbons (Fsp3) is 0.450. The highest BCUT2D eigenvalue weighted by Crippen LogP contribution is 2.38. The van der Waals surface area contributed by atoms with Crippen molar-refractivity contribution in [3.63, 3.8) is 0 Å². The third-order valence-corrected chi connectivity index (χ3v) is 5.58. The Morgan fingerprint density at radius 2 is 1.88 bits per heavy atom. The molecule has 6 heteroatoms. The minimum absolute atomic E-state index is 0.412. The molecule has 134 valence electrons. The Balaban J connectivity index is 1.63. The first-order valence-corrected chi connectivity index (χ1v) is 9.18. The van der Waals surface area contributed by atoms with Crippen molar-refractivity contribution in [3.8, 4) is 6.07 Å². The molecule has 0 radical (unpaired) electrons. The van der Waals surface area contributed by atoms with Crippen LogP contribution in [0.5, 0.6) is 0 Å². The zero-order chi connectivity index (χ0) is 18.1. The highest BCUT2D eigenvalue weighted by molar-refractivity contribution is 5.64. The molecule has 0 bridgehead atoms. The Bertz CT molecular complexity index is 827. The minimum atomic E-state index is 0.412. The molecule has 0 spiro atoms. The lowest BCUT2D eigenvalue weighted by atomic mass is 9.92. The van der Waals surface area contributed by atoms with Gasteiger partial charge in [-0.15, -0.1) is 0 Å². The molecule has 3 heterocycles. The normalized spacial score (nSPS) is 22.0. The summed E-state index contributed by atoms with van der Waals surface area (Å²) in [6, 6.07) is 10.7. The van der Waals surface area contributed by atoms with E-state index >= 15 is 0 Å². The van der Waals surface area contributed by atoms with Gasteiger partial charge in [-0.1, -0.05) is 12.1 Å². The second kappa shape index (κ2) is 6.83. The molecule has 0 amide bonds. The highest BCUT2D eigenvalue weighted by Gasteiger charge is 2.40. The SMILES string of the molecule is CN(C)c1nccnc1N1CCC2CCN(c3ccccc3C#N)C2C1. The van der Waals surface area contributed by atoms with Crippen molar-refractivity contribution < 1.29 is 0 Å². The van der Waals surface area contributed by atoms with E-state index < -0.39 is 0 Å². The molecule has 2 unspecified atom stereocenters. The van der Waals surface area contributed by atoms with Crippen molar-refractivity contribution in [1.82, 2.24) is 9.97 Å². The molecule has 2 aliphatic rings. The standard InChI is InChI=1S/C20H24N6/c1-24(2)19-20(23-10-9-22-19)25-11-7-15-8-12-26(18(15)14-25)17-6-4-3-5-16(17)13-21/h3-6,9-10,15,18H,7-8,11-12,14H2,1-2H3. The Hall–Kier alpha value is -2.81. The van der Waals surface area contributed by atoms with Crippen LogP contribution in [0.2, 0.25) is 0 Å². The average Bonchev–Trinajstić information content (AvgIpc) is 3.11. The van der Waals surface area contributed by atoms with Gasteiger partial charge in [-0.3, -0.25) is 0 Å². The number of piperidine rings is 1. The number of hydrogen-bond donors (Lipinski definition) is 0. The van der Waals surface area contributed by atoms with E-state index in [-0.39, 0.29) is 0 Å². The molecule has 4 rings (SSSR count). The summed E-state index contributed by atoms with van der Waals surface area (Å²) in [7, 11) is 4.01. The monoisotopic (exact) mass is 348 g/mol. The van der Waals surface area contributed by atoms with E-state index in [0.29, 0.717) is 12.0 Å². The first-order chi connectivity index (χ1) is 12.7. The van der Waals surface area contributed by atoms with E-state index in [1.54, 1.807) is 12.4 Å². The van der Waals surface area contributed by atoms with Crippen molar-refractivity contribution in [2.75, 3.05) is 48.4 Å². The van der Waals surface area contributed by atoms with Crippen LogP contribution < -0.4 is 14.7 Å². The van der Waals surface area contributed by atoms with Gasteiger partial charge in [0.2, 0.25) is 0 Å². The summed E-state index contributed by atoms with van der Waals surface area (Å²) in [5, 5.41) is 9.49. The molecule has 6 nitrogen and oxygen atoms in total. The second-order valence-electron chi connectivity index (χ2n) is 7.27. The van der Waals surface area contributed by atoms with Crippen LogP contribution in [-0.4, -0.2) is 49.7 Å². The summed E-state index contributed by atoms with van der Waals surface area (Å²) in [4.78, 5) is 15.9. The van der Waals surface area contributed by atoms with E-state index in [0.717, 1.165) is 48.9 Å². The summed E-state index contributed by atoms with van der Waals surface area (Å²) in [5.74, 6) is 2.54. The zero-order valence-corrected chi connectivity index (χ0v) is 15.3. The maximum Gasteiger partial charge on any atom is 0.172 e. The molecular weight excluding hydrogens is 324 g/mol. The van der Waals surface area contributed by atoms with Gasteiger partial charge in [-0.05, 0) is 30.9 Å². The maximum absolute atomic E-state index is 9.49. The van der Waals surface area contributed by atoms with Gasteiger partial charge < -0.3 is 14.7 Å². The van der Waals surface area contributed by atoms with Gasteiger partial charge in [0.05, 0.1) is 11.3 Å². The molecule has 1 aromatic heterocycles. The fourth-order valence-electron chi connectivity index (χ4n) is 4.31. The topological polar surface area (TPSA) is 59.3 Å². The smallest absolute Gasteiger partial charge is 0.172 e. The third kappa shape index (κ3) is 2.84. The molecule has 0 N–H and O–H groups in total. The maximum atomic E-state index is 9.49. The van der Waals surface area contributed by atoms with Crippen LogP contribution in [0, 0.1) is 17.2 Å². The van der Waals surface area contributed by atoms with Crippen molar-refractivity contribution in [1.29, 1.82) is 5.26 Å². The van der Waals surface area contributed by atoms with Gasteiger partial charge in [0.1, 0.15) is 6.07 Å². The highest BCUT2D eigenvalue weighted by atomic mass is 15.3. The quantitative estimate of drug-likeness (QED) is 0.849. The molecule has 2 fully saturated rings. The lowest BCUT2D eigenvalue weighted by Gasteiger charge is -2.40. The molecule has 0 saturated carbocycles. The van der Waals surface area contributed by atoms with E-state index in [2.05, 4.69) is 31.9 Å². The predicted octanol–water partition coefficient (Wildman–Crippen LogP) is 2.52. The Labute approximate surface area is 154 Å². The van der Waals surface area contributed by atoms with Gasteiger partial charge in [0.25, 0.3) is 0 Å². The van der Waals surface area contributed by atoms with E-state index in [1.165, 1.54) is 6.42 Å². The molecule has 26 heavy (non-hydrogen) atoms. The molecule has 2 atom stereocenters. The molecule has 1 aromatic carbocycles. The van der Waals surface area contributed by atoms with Gasteiger partial charge in [0, 0.05) is 52.2 Å². The van der Waals surface area contributed by atoms with Crippen LogP contribution in [0.3, 0.4) is 0 Å². The van der Waals surface area contributed by atoms with Crippen molar-refractivity contribution >= 4 is 17.3 Å². The van der Waals surface area contributed by atoms with Gasteiger partial charge >= 0.3 is 0 Å². The second-order valence-corrected chi connectivity index (χ2v) is 7.27. The molecule has 2 aliphatic heterocycles. The van der Waals surface area contributed by atoms with Crippen molar-refractivity contribution in [2.45, 2.75) is 18.9 Å². The number of aromatic nitrogens is 2. The number of para-hydroxylation sites is 1. The van der Waals surface area contributed by atoms with Crippen LogP contribution in [0.1, 0.15) is 18.4 Å². The number of benzene rings is 1. The van der Waals surface area contributed by atoms with Gasteiger partial charge in [-0.2, -0.15) is 5.26 Å². The van der Waals surface area contributed by atoms with E-state index in [9.17, 15) is 5.26 Å². The number of hydrogen-bond acceptors (Lipinski definition) is 6. The number of nitrogens with zero attached hydrogens (tertiary/aromatic N) is 6. The average molecular weight is 348 g/mol. The predicted molar refractivity (Wildman–Crippen MR) is 104 cm³/mol. The summed E-state index contributed by atoms with van der Waals surface area (Å²) < 4.78 is 0. The zero-order valence-electron chi connectivity index (χ0n) is 15.3. The Morgan fingerprint density at radius 1 is 1.12 bits per heavy atom. The third-order valence-electron chi connectivity index (χ3n) is 5.58. The van der Waals surface area contributed by atoms with Gasteiger partial charge in [-0.25, -0.2) is 9.97 Å². The summed E-state index contributed by atoms with van der Waals surface area (Å²) in [6.45, 7) is 2.95. The van der Waals surface area contributed by atoms with Crippen LogP contribution in [0.25, 0.3) is 0 Å². The summed E-state index contributed by atoms with van der Waals surface area (Å²) in [6.07, 6.45) is 5.86. The lowest BCUT2D eigenvalue weighted by Crippen LogP contribution is -2.49. The fourth-order valence-corrected chi connectivity index (χ4v) is 4.31. The number of rotatable bonds is 3. The van der Waals surface area contributed by atoms with Crippen LogP contribution in [0.4, 0.5) is 17.3 Å². The first kappa shape index (κ1) is 16.6. The molecule has 0 aliphatic carbocycles. The molecular formula is C20H24N6. The van der Waals surface area contributed by atoms with Crippen LogP contribution in [-0.2, 0) is 0 Å². The largest absolute Gasteiger partial charge is 0.365 e. The number of fused-ring (bicyclic) bond motifs is 1. The first-order valence-electron chi connectivity index (χ1n) is 9.18. The summed E-state index contributed by atoms with van der Waals surface area (Å²) >= 11 is 0. The van der Waals surface area contributed by atoms with Crippen molar-refractivity contribution in [3.05, 3.63) is 42.2 Å². The Kier molecular flexibility index (Phi) is 4.37. The van der Waals surface area contributed by atoms with Crippen LogP contribution in [0.15, 0.2) is 36.7 Å². The summed E-state index contributed by atoms with van der Waals surface area (Å²) in [5.41, 5.74) is 1.83. The van der Waals surface area contributed by atoms with E-state index in [4.69, 9.17) is 0 Å². The number of anilines is 3. The Morgan fingerprint density at radius 3 is 2.69 bits per heavy atom.